The molecule has 0 saturated carbocycles. The molecular formula is C27H19N3O4. The summed E-state index contributed by atoms with van der Waals surface area (Å²) in [5.41, 5.74) is 3.09. The number of carboxylic acids is 1. The zero-order valence-electron chi connectivity index (χ0n) is 17.8. The molecule has 0 unspecified atom stereocenters. The number of aromatic carboxylic acids is 1. The van der Waals surface area contributed by atoms with E-state index in [0.29, 0.717) is 16.5 Å². The van der Waals surface area contributed by atoms with Crippen molar-refractivity contribution in [1.29, 1.82) is 0 Å². The van der Waals surface area contributed by atoms with E-state index in [1.165, 1.54) is 12.1 Å². The van der Waals surface area contributed by atoms with Crippen LogP contribution >= 0.6 is 0 Å². The highest BCUT2D eigenvalue weighted by molar-refractivity contribution is 5.96. The van der Waals surface area contributed by atoms with Crippen LogP contribution in [0.2, 0.25) is 0 Å². The molecule has 0 atom stereocenters. The minimum absolute atomic E-state index is 0.0686. The molecule has 4 aromatic carbocycles. The van der Waals surface area contributed by atoms with E-state index in [9.17, 15) is 20.1 Å². The number of phenolic OH excluding ortho intramolecular Hbond substituents is 1. The Morgan fingerprint density at radius 3 is 2.29 bits per heavy atom. The maximum Gasteiger partial charge on any atom is 0.335 e. The Labute approximate surface area is 194 Å². The summed E-state index contributed by atoms with van der Waals surface area (Å²) in [6, 6.07) is 28.1. The van der Waals surface area contributed by atoms with Gasteiger partial charge >= 0.3 is 5.97 Å². The number of rotatable bonds is 5. The van der Waals surface area contributed by atoms with Crippen molar-refractivity contribution in [3.05, 3.63) is 103 Å². The van der Waals surface area contributed by atoms with Crippen molar-refractivity contribution >= 4 is 28.2 Å². The fourth-order valence-electron chi connectivity index (χ4n) is 3.91. The van der Waals surface area contributed by atoms with Gasteiger partial charge in [0, 0.05) is 16.6 Å². The zero-order chi connectivity index (χ0) is 23.7. The lowest BCUT2D eigenvalue weighted by atomic mass is 10.0. The first kappa shape index (κ1) is 21.0. The first-order valence-corrected chi connectivity index (χ1v) is 10.5. The monoisotopic (exact) mass is 449 g/mol. The van der Waals surface area contributed by atoms with Gasteiger partial charge < -0.3 is 15.3 Å². The highest BCUT2D eigenvalue weighted by atomic mass is 16.4. The number of benzene rings is 4. The van der Waals surface area contributed by atoms with E-state index in [1.54, 1.807) is 34.9 Å². The van der Waals surface area contributed by atoms with Crippen LogP contribution < -0.4 is 0 Å². The molecular weight excluding hydrogens is 430 g/mol. The highest BCUT2D eigenvalue weighted by Gasteiger charge is 2.18. The van der Waals surface area contributed by atoms with Gasteiger partial charge in [0.1, 0.15) is 5.69 Å². The van der Waals surface area contributed by atoms with E-state index in [0.717, 1.165) is 11.2 Å². The first-order valence-electron chi connectivity index (χ1n) is 10.5. The molecule has 0 aliphatic heterocycles. The average molecular weight is 449 g/mol. The summed E-state index contributed by atoms with van der Waals surface area (Å²) >= 11 is 0. The molecule has 3 N–H and O–H groups in total. The third-order valence-corrected chi connectivity index (χ3v) is 5.53. The van der Waals surface area contributed by atoms with Crippen LogP contribution in [0.5, 0.6) is 11.6 Å². The van der Waals surface area contributed by atoms with Gasteiger partial charge in [-0.15, -0.1) is 10.2 Å². The van der Waals surface area contributed by atoms with Crippen molar-refractivity contribution in [2.24, 2.45) is 10.2 Å². The molecule has 7 heteroatoms. The maximum atomic E-state index is 11.3. The van der Waals surface area contributed by atoms with E-state index in [1.807, 2.05) is 54.6 Å². The smallest absolute Gasteiger partial charge is 0.335 e. The summed E-state index contributed by atoms with van der Waals surface area (Å²) in [6.45, 7) is 0. The van der Waals surface area contributed by atoms with Gasteiger partial charge in [0.25, 0.3) is 0 Å². The lowest BCUT2D eigenvalue weighted by Crippen LogP contribution is -1.95. The molecule has 0 amide bonds. The molecule has 0 aliphatic rings. The summed E-state index contributed by atoms with van der Waals surface area (Å²) in [5.74, 6) is -1.26. The Balaban J connectivity index is 1.59. The SMILES string of the molecule is O=C(O)c1cccc(-c2cccc(N=Nc3c(O)n(-c4ccccc4)c4ccccc34)c2O)c1. The predicted molar refractivity (Wildman–Crippen MR) is 130 cm³/mol. The fourth-order valence-corrected chi connectivity index (χ4v) is 3.91. The van der Waals surface area contributed by atoms with Crippen LogP contribution in [0, 0.1) is 0 Å². The van der Waals surface area contributed by atoms with Crippen LogP contribution in [-0.4, -0.2) is 25.9 Å². The van der Waals surface area contributed by atoms with Crippen molar-refractivity contribution in [2.45, 2.75) is 0 Å². The van der Waals surface area contributed by atoms with Crippen molar-refractivity contribution in [2.75, 3.05) is 0 Å². The van der Waals surface area contributed by atoms with Crippen molar-refractivity contribution < 1.29 is 20.1 Å². The van der Waals surface area contributed by atoms with Crippen LogP contribution in [0.15, 0.2) is 107 Å². The second kappa shape index (κ2) is 8.55. The standard InChI is InChI=1S/C27H19N3O4/c31-25-20(17-8-6-9-18(16-17)27(33)34)13-7-14-22(25)28-29-24-21-12-4-5-15-23(21)30(26(24)32)19-10-2-1-3-11-19/h1-16,31-32H,(H,33,34). The van der Waals surface area contributed by atoms with Crippen LogP contribution in [-0.2, 0) is 0 Å². The Kier molecular flexibility index (Phi) is 5.27. The van der Waals surface area contributed by atoms with Gasteiger partial charge in [-0.25, -0.2) is 4.79 Å². The number of carboxylic acid groups (broad SMARTS) is 1. The number of hydrogen-bond donors (Lipinski definition) is 3. The number of azo groups is 1. The van der Waals surface area contributed by atoms with Gasteiger partial charge in [-0.1, -0.05) is 60.7 Å². The molecule has 0 fully saturated rings. The average Bonchev–Trinajstić information content (AvgIpc) is 3.15. The molecule has 0 spiro atoms. The highest BCUT2D eigenvalue weighted by Crippen LogP contribution is 2.43. The number of para-hydroxylation sites is 3. The second-order valence-corrected chi connectivity index (χ2v) is 7.62. The molecule has 5 aromatic rings. The number of aromatic hydroxyl groups is 2. The maximum absolute atomic E-state index is 11.3. The number of fused-ring (bicyclic) bond motifs is 1. The van der Waals surface area contributed by atoms with Crippen molar-refractivity contribution in [3.8, 4) is 28.4 Å². The Hall–Kier alpha value is -4.91. The molecule has 34 heavy (non-hydrogen) atoms. The minimum Gasteiger partial charge on any atom is -0.505 e. The third kappa shape index (κ3) is 3.65. The van der Waals surface area contributed by atoms with Crippen LogP contribution in [0.1, 0.15) is 10.4 Å². The number of carbonyl (C=O) groups is 1. The Morgan fingerprint density at radius 1 is 0.765 bits per heavy atom. The van der Waals surface area contributed by atoms with E-state index >= 15 is 0 Å². The second-order valence-electron chi connectivity index (χ2n) is 7.62. The summed E-state index contributed by atoms with van der Waals surface area (Å²) < 4.78 is 1.69. The van der Waals surface area contributed by atoms with Gasteiger partial charge in [0.15, 0.2) is 11.4 Å². The van der Waals surface area contributed by atoms with Gasteiger partial charge in [-0.2, -0.15) is 0 Å². The van der Waals surface area contributed by atoms with Crippen LogP contribution in [0.3, 0.4) is 0 Å². The molecule has 0 bridgehead atoms. The first-order chi connectivity index (χ1) is 16.5. The third-order valence-electron chi connectivity index (χ3n) is 5.53. The quantitative estimate of drug-likeness (QED) is 0.256. The van der Waals surface area contributed by atoms with Crippen molar-refractivity contribution in [3.63, 3.8) is 0 Å². The van der Waals surface area contributed by atoms with Gasteiger partial charge in [-0.05, 0) is 42.0 Å². The molecule has 0 radical (unpaired) electrons. The summed E-state index contributed by atoms with van der Waals surface area (Å²) in [5, 5.41) is 40.4. The number of phenols is 1. The van der Waals surface area contributed by atoms with Crippen molar-refractivity contribution in [1.82, 2.24) is 4.57 Å². The summed E-state index contributed by atoms with van der Waals surface area (Å²) in [6.07, 6.45) is 0. The predicted octanol–water partition coefficient (Wildman–Crippen LogP) is 6.82. The van der Waals surface area contributed by atoms with E-state index < -0.39 is 5.97 Å². The molecule has 7 nitrogen and oxygen atoms in total. The van der Waals surface area contributed by atoms with Gasteiger partial charge in [0.2, 0.25) is 5.88 Å². The fraction of sp³-hybridized carbons (Fsp3) is 0. The number of aromatic nitrogens is 1. The Bertz CT molecular complexity index is 1560. The lowest BCUT2D eigenvalue weighted by Gasteiger charge is -2.07. The van der Waals surface area contributed by atoms with Crippen LogP contribution in [0.25, 0.3) is 27.7 Å². The van der Waals surface area contributed by atoms with E-state index in [4.69, 9.17) is 0 Å². The van der Waals surface area contributed by atoms with Gasteiger partial charge in [0.05, 0.1) is 11.1 Å². The lowest BCUT2D eigenvalue weighted by molar-refractivity contribution is 0.0697. The molecule has 5 rings (SSSR count). The molecule has 166 valence electrons. The van der Waals surface area contributed by atoms with E-state index in [-0.39, 0.29) is 28.6 Å². The van der Waals surface area contributed by atoms with Crippen LogP contribution in [0.4, 0.5) is 11.4 Å². The Morgan fingerprint density at radius 2 is 1.50 bits per heavy atom. The minimum atomic E-state index is -1.05. The number of hydrogen-bond acceptors (Lipinski definition) is 5. The molecule has 0 saturated heterocycles. The molecule has 0 aliphatic carbocycles. The normalized spacial score (nSPS) is 11.3. The van der Waals surface area contributed by atoms with Gasteiger partial charge in [-0.3, -0.25) is 4.57 Å². The number of nitrogens with zero attached hydrogens (tertiary/aromatic N) is 3. The summed E-state index contributed by atoms with van der Waals surface area (Å²) in [4.78, 5) is 11.3. The largest absolute Gasteiger partial charge is 0.505 e. The summed E-state index contributed by atoms with van der Waals surface area (Å²) in [7, 11) is 0. The molecule has 1 heterocycles. The topological polar surface area (TPSA) is 107 Å². The molecule has 1 aromatic heterocycles. The zero-order valence-corrected chi connectivity index (χ0v) is 17.8. The van der Waals surface area contributed by atoms with E-state index in [2.05, 4.69) is 10.2 Å².